The van der Waals surface area contributed by atoms with E-state index in [1.54, 1.807) is 48.5 Å². The summed E-state index contributed by atoms with van der Waals surface area (Å²) in [6.45, 7) is 0. The summed E-state index contributed by atoms with van der Waals surface area (Å²) in [6, 6.07) is 21.7. The Morgan fingerprint density at radius 2 is 1.30 bits per heavy atom. The number of carbonyl (C=O) groups excluding carboxylic acids is 1. The number of hydrogen-bond acceptors (Lipinski definition) is 5. The molecule has 0 bridgehead atoms. The number of aromatic hydroxyl groups is 2. The van der Waals surface area contributed by atoms with E-state index in [4.69, 9.17) is 4.52 Å². The van der Waals surface area contributed by atoms with Crippen LogP contribution in [0, 0.1) is 0 Å². The van der Waals surface area contributed by atoms with Gasteiger partial charge in [0.2, 0.25) is 0 Å². The molecule has 0 atom stereocenters. The lowest BCUT2D eigenvalue weighted by Crippen LogP contribution is -2.03. The molecule has 0 aliphatic rings. The van der Waals surface area contributed by atoms with Gasteiger partial charge < -0.3 is 14.7 Å². The third kappa shape index (κ3) is 3.18. The maximum absolute atomic E-state index is 13.2. The monoisotopic (exact) mass is 357 g/mol. The number of rotatable bonds is 4. The SMILES string of the molecule is O=C(c1ccccc1)c1c(-c2ccc(O)cc2)noc1-c1ccc(O)cc1. The molecular formula is C22H15NO4. The zero-order chi connectivity index (χ0) is 18.8. The minimum Gasteiger partial charge on any atom is -0.508 e. The van der Waals surface area contributed by atoms with Gasteiger partial charge in [-0.2, -0.15) is 0 Å². The number of benzene rings is 3. The molecule has 132 valence electrons. The zero-order valence-corrected chi connectivity index (χ0v) is 14.2. The van der Waals surface area contributed by atoms with Crippen LogP contribution in [0.1, 0.15) is 15.9 Å². The number of carbonyl (C=O) groups is 1. The largest absolute Gasteiger partial charge is 0.508 e. The molecule has 3 aromatic carbocycles. The van der Waals surface area contributed by atoms with Crippen molar-refractivity contribution in [3.63, 3.8) is 0 Å². The van der Waals surface area contributed by atoms with Crippen molar-refractivity contribution in [2.24, 2.45) is 0 Å². The number of ketones is 1. The number of phenolic OH excluding ortho intramolecular Hbond substituents is 2. The van der Waals surface area contributed by atoms with Crippen molar-refractivity contribution >= 4 is 5.78 Å². The van der Waals surface area contributed by atoms with Crippen LogP contribution in [-0.4, -0.2) is 21.2 Å². The Balaban J connectivity index is 1.91. The van der Waals surface area contributed by atoms with Gasteiger partial charge in [0.15, 0.2) is 11.5 Å². The summed E-state index contributed by atoms with van der Waals surface area (Å²) in [7, 11) is 0. The molecule has 4 aromatic rings. The van der Waals surface area contributed by atoms with Crippen LogP contribution in [0.2, 0.25) is 0 Å². The first kappa shape index (κ1) is 16.6. The van der Waals surface area contributed by atoms with Crippen molar-refractivity contribution in [2.45, 2.75) is 0 Å². The summed E-state index contributed by atoms with van der Waals surface area (Å²) in [4.78, 5) is 13.2. The van der Waals surface area contributed by atoms with E-state index in [9.17, 15) is 15.0 Å². The second kappa shape index (κ2) is 6.80. The molecule has 1 heterocycles. The normalized spacial score (nSPS) is 10.7. The average molecular weight is 357 g/mol. The predicted molar refractivity (Wildman–Crippen MR) is 101 cm³/mol. The molecule has 5 heteroatoms. The highest BCUT2D eigenvalue weighted by atomic mass is 16.5. The fourth-order valence-corrected chi connectivity index (χ4v) is 2.86. The van der Waals surface area contributed by atoms with Crippen molar-refractivity contribution in [1.29, 1.82) is 0 Å². The van der Waals surface area contributed by atoms with Gasteiger partial charge in [-0.05, 0) is 48.5 Å². The number of phenols is 2. The molecule has 2 N–H and O–H groups in total. The Morgan fingerprint density at radius 1 is 0.741 bits per heavy atom. The highest BCUT2D eigenvalue weighted by molar-refractivity contribution is 6.15. The molecule has 5 nitrogen and oxygen atoms in total. The van der Waals surface area contributed by atoms with Gasteiger partial charge in [0.05, 0.1) is 5.56 Å². The van der Waals surface area contributed by atoms with Crippen LogP contribution in [0.4, 0.5) is 0 Å². The van der Waals surface area contributed by atoms with Crippen molar-refractivity contribution < 1.29 is 19.5 Å². The lowest BCUT2D eigenvalue weighted by molar-refractivity contribution is 0.103. The Bertz CT molecular complexity index is 1020. The van der Waals surface area contributed by atoms with Crippen LogP contribution in [-0.2, 0) is 0 Å². The molecule has 0 radical (unpaired) electrons. The molecule has 0 amide bonds. The van der Waals surface area contributed by atoms with Crippen LogP contribution in [0.5, 0.6) is 11.5 Å². The first-order chi connectivity index (χ1) is 13.1. The minimum absolute atomic E-state index is 0.118. The molecule has 0 spiro atoms. The second-order valence-electron chi connectivity index (χ2n) is 6.02. The van der Waals surface area contributed by atoms with E-state index in [1.807, 2.05) is 6.07 Å². The molecule has 27 heavy (non-hydrogen) atoms. The summed E-state index contributed by atoms with van der Waals surface area (Å²) in [5.41, 5.74) is 2.52. The molecule has 0 saturated carbocycles. The molecule has 1 aromatic heterocycles. The average Bonchev–Trinajstić information content (AvgIpc) is 3.14. The smallest absolute Gasteiger partial charge is 0.199 e. The lowest BCUT2D eigenvalue weighted by atomic mass is 9.95. The van der Waals surface area contributed by atoms with E-state index < -0.39 is 0 Å². The topological polar surface area (TPSA) is 83.6 Å². The van der Waals surface area contributed by atoms with Gasteiger partial charge in [0, 0.05) is 16.7 Å². The maximum Gasteiger partial charge on any atom is 0.199 e. The summed E-state index contributed by atoms with van der Waals surface area (Å²) >= 11 is 0. The van der Waals surface area contributed by atoms with Crippen molar-refractivity contribution in [3.8, 4) is 34.1 Å². The Morgan fingerprint density at radius 3 is 1.89 bits per heavy atom. The van der Waals surface area contributed by atoms with E-state index in [0.717, 1.165) is 0 Å². The van der Waals surface area contributed by atoms with Crippen molar-refractivity contribution in [3.05, 3.63) is 90.0 Å². The van der Waals surface area contributed by atoms with Gasteiger partial charge in [-0.3, -0.25) is 4.79 Å². The number of hydrogen-bond donors (Lipinski definition) is 2. The predicted octanol–water partition coefficient (Wildman–Crippen LogP) is 4.65. The lowest BCUT2D eigenvalue weighted by Gasteiger charge is -2.05. The van der Waals surface area contributed by atoms with Crippen LogP contribution >= 0.6 is 0 Å². The highest BCUT2D eigenvalue weighted by Crippen LogP contribution is 2.35. The maximum atomic E-state index is 13.2. The van der Waals surface area contributed by atoms with Gasteiger partial charge in [-0.1, -0.05) is 35.5 Å². The van der Waals surface area contributed by atoms with E-state index in [-0.39, 0.29) is 17.3 Å². The minimum atomic E-state index is -0.219. The summed E-state index contributed by atoms with van der Waals surface area (Å²) in [6.07, 6.45) is 0. The first-order valence-corrected chi connectivity index (χ1v) is 8.32. The molecule has 0 aliphatic heterocycles. The van der Waals surface area contributed by atoms with Gasteiger partial charge >= 0.3 is 0 Å². The van der Waals surface area contributed by atoms with E-state index in [1.165, 1.54) is 24.3 Å². The number of aromatic nitrogens is 1. The Kier molecular flexibility index (Phi) is 4.18. The molecule has 4 rings (SSSR count). The van der Waals surface area contributed by atoms with Gasteiger partial charge in [0.1, 0.15) is 17.2 Å². The van der Waals surface area contributed by atoms with Crippen molar-refractivity contribution in [2.75, 3.05) is 0 Å². The Hall–Kier alpha value is -3.86. The van der Waals surface area contributed by atoms with Gasteiger partial charge in [0.25, 0.3) is 0 Å². The van der Waals surface area contributed by atoms with Crippen LogP contribution in [0.25, 0.3) is 22.6 Å². The summed E-state index contributed by atoms with van der Waals surface area (Å²) in [5, 5.41) is 23.2. The summed E-state index contributed by atoms with van der Waals surface area (Å²) in [5.74, 6) is 0.347. The van der Waals surface area contributed by atoms with Crippen molar-refractivity contribution in [1.82, 2.24) is 5.16 Å². The van der Waals surface area contributed by atoms with Gasteiger partial charge in [-0.15, -0.1) is 0 Å². The first-order valence-electron chi connectivity index (χ1n) is 8.32. The third-order valence-electron chi connectivity index (χ3n) is 4.23. The molecule has 0 unspecified atom stereocenters. The fourth-order valence-electron chi connectivity index (χ4n) is 2.86. The van der Waals surface area contributed by atoms with Crippen LogP contribution in [0.15, 0.2) is 83.4 Å². The third-order valence-corrected chi connectivity index (χ3v) is 4.23. The molecule has 0 saturated heterocycles. The van der Waals surface area contributed by atoms with E-state index >= 15 is 0 Å². The fraction of sp³-hybridized carbons (Fsp3) is 0. The standard InChI is InChI=1S/C22H15NO4/c24-17-10-6-14(7-11-17)20-19(21(26)15-4-2-1-3-5-15)22(27-23-20)16-8-12-18(25)13-9-16/h1-13,24-25H. The molecular weight excluding hydrogens is 342 g/mol. The highest BCUT2D eigenvalue weighted by Gasteiger charge is 2.26. The quantitative estimate of drug-likeness (QED) is 0.519. The van der Waals surface area contributed by atoms with Crippen LogP contribution in [0.3, 0.4) is 0 Å². The number of nitrogens with zero attached hydrogens (tertiary/aromatic N) is 1. The summed E-state index contributed by atoms with van der Waals surface area (Å²) < 4.78 is 5.53. The molecule has 0 aliphatic carbocycles. The zero-order valence-electron chi connectivity index (χ0n) is 14.2. The van der Waals surface area contributed by atoms with E-state index in [2.05, 4.69) is 5.16 Å². The Labute approximate surface area is 155 Å². The second-order valence-corrected chi connectivity index (χ2v) is 6.02. The van der Waals surface area contributed by atoms with Gasteiger partial charge in [-0.25, -0.2) is 0 Å². The van der Waals surface area contributed by atoms with E-state index in [0.29, 0.717) is 33.7 Å². The van der Waals surface area contributed by atoms with Crippen LogP contribution < -0.4 is 0 Å². The molecule has 0 fully saturated rings.